The van der Waals surface area contributed by atoms with Gasteiger partial charge in [0.2, 0.25) is 0 Å². The van der Waals surface area contributed by atoms with Crippen molar-refractivity contribution in [3.63, 3.8) is 0 Å². The number of hydrogen-bond donors (Lipinski definition) is 0. The second kappa shape index (κ2) is 5.88. The van der Waals surface area contributed by atoms with Gasteiger partial charge in [-0.15, -0.1) is 0 Å². The van der Waals surface area contributed by atoms with Crippen molar-refractivity contribution in [1.82, 2.24) is 4.90 Å². The van der Waals surface area contributed by atoms with Crippen LogP contribution in [0, 0.1) is 0 Å². The summed E-state index contributed by atoms with van der Waals surface area (Å²) < 4.78 is 0. The Morgan fingerprint density at radius 2 is 1.38 bits per heavy atom. The third-order valence-corrected chi connectivity index (χ3v) is 5.43. The van der Waals surface area contributed by atoms with Gasteiger partial charge in [0.15, 0.2) is 0 Å². The maximum atomic E-state index is 5.87. The number of fused-ring (bicyclic) bond motifs is 1. The summed E-state index contributed by atoms with van der Waals surface area (Å²) in [4.78, 5) is 3.29. The Labute approximate surface area is 148 Å². The molecule has 1 unspecified atom stereocenters. The molecule has 1 aliphatic heterocycles. The summed E-state index contributed by atoms with van der Waals surface area (Å²) in [6.07, 6.45) is 0. The summed E-state index contributed by atoms with van der Waals surface area (Å²) in [6.45, 7) is 3.09. The second-order valence-electron chi connectivity index (χ2n) is 6.36. The minimum atomic E-state index is -0.245. The van der Waals surface area contributed by atoms with Gasteiger partial charge in [-0.3, -0.25) is 0 Å². The number of nitrogens with zero attached hydrogens (tertiary/aromatic N) is 1. The lowest BCUT2D eigenvalue weighted by Gasteiger charge is -2.38. The number of thiocarbonyl (C=S) groups is 1. The fourth-order valence-electron chi connectivity index (χ4n) is 3.66. The molecule has 0 aromatic heterocycles. The predicted octanol–water partition coefficient (Wildman–Crippen LogP) is 5.14. The van der Waals surface area contributed by atoms with E-state index in [9.17, 15) is 0 Å². The minimum Gasteiger partial charge on any atom is -0.344 e. The highest BCUT2D eigenvalue weighted by molar-refractivity contribution is 7.80. The van der Waals surface area contributed by atoms with E-state index in [1.165, 1.54) is 22.3 Å². The summed E-state index contributed by atoms with van der Waals surface area (Å²) >= 11 is 5.87. The molecule has 0 spiro atoms. The van der Waals surface area contributed by atoms with Gasteiger partial charge in [-0.05, 0) is 23.6 Å². The first-order valence-corrected chi connectivity index (χ1v) is 8.63. The van der Waals surface area contributed by atoms with E-state index in [4.69, 9.17) is 12.2 Å². The van der Waals surface area contributed by atoms with Crippen LogP contribution in [-0.2, 0) is 12.1 Å². The van der Waals surface area contributed by atoms with Crippen LogP contribution in [0.4, 0.5) is 0 Å². The first kappa shape index (κ1) is 15.1. The molecule has 0 bridgehead atoms. The Kier molecular flexibility index (Phi) is 3.70. The summed E-state index contributed by atoms with van der Waals surface area (Å²) in [5.74, 6) is 0. The summed E-state index contributed by atoms with van der Waals surface area (Å²) in [6, 6.07) is 29.7. The fraction of sp³-hybridized carbons (Fsp3) is 0.136. The standard InChI is InChI=1S/C22H19NS/c1-22(18-12-6-3-7-13-18)20-15-9-8-14-19(20)21(24)23(22)16-17-10-4-2-5-11-17/h2-15H,16H2,1H3. The maximum absolute atomic E-state index is 5.87. The molecule has 1 aliphatic rings. The highest BCUT2D eigenvalue weighted by Crippen LogP contribution is 2.44. The average Bonchev–Trinajstić information content (AvgIpc) is 2.87. The molecular formula is C22H19NS. The van der Waals surface area contributed by atoms with E-state index in [1.807, 2.05) is 0 Å². The molecule has 0 saturated carbocycles. The van der Waals surface area contributed by atoms with Crippen LogP contribution in [0.2, 0.25) is 0 Å². The van der Waals surface area contributed by atoms with Crippen LogP contribution in [0.15, 0.2) is 84.9 Å². The molecule has 4 rings (SSSR count). The van der Waals surface area contributed by atoms with E-state index in [-0.39, 0.29) is 5.54 Å². The van der Waals surface area contributed by atoms with Crippen molar-refractivity contribution < 1.29 is 0 Å². The molecule has 0 saturated heterocycles. The van der Waals surface area contributed by atoms with Crippen LogP contribution in [0.3, 0.4) is 0 Å². The van der Waals surface area contributed by atoms with Crippen molar-refractivity contribution in [2.24, 2.45) is 0 Å². The van der Waals surface area contributed by atoms with Crippen molar-refractivity contribution in [1.29, 1.82) is 0 Å². The first-order chi connectivity index (χ1) is 11.7. The van der Waals surface area contributed by atoms with Crippen LogP contribution in [0.1, 0.15) is 29.2 Å². The molecule has 118 valence electrons. The van der Waals surface area contributed by atoms with E-state index in [1.54, 1.807) is 0 Å². The summed E-state index contributed by atoms with van der Waals surface area (Å²) in [7, 11) is 0. The Morgan fingerprint density at radius 1 is 0.792 bits per heavy atom. The van der Waals surface area contributed by atoms with Crippen LogP contribution >= 0.6 is 12.2 Å². The van der Waals surface area contributed by atoms with Gasteiger partial charge in [0.05, 0.1) is 5.54 Å². The third-order valence-electron chi connectivity index (χ3n) is 4.99. The van der Waals surface area contributed by atoms with Crippen LogP contribution in [0.5, 0.6) is 0 Å². The zero-order chi connectivity index (χ0) is 16.6. The van der Waals surface area contributed by atoms with Crippen molar-refractivity contribution >= 4 is 17.2 Å². The quantitative estimate of drug-likeness (QED) is 0.612. The first-order valence-electron chi connectivity index (χ1n) is 8.22. The molecule has 1 atom stereocenters. The van der Waals surface area contributed by atoms with Crippen LogP contribution in [0.25, 0.3) is 0 Å². The lowest BCUT2D eigenvalue weighted by Crippen LogP contribution is -2.41. The number of hydrogen-bond acceptors (Lipinski definition) is 1. The van der Waals surface area contributed by atoms with E-state index in [2.05, 4.69) is 96.8 Å². The Bertz CT molecular complexity index is 873. The maximum Gasteiger partial charge on any atom is 0.110 e. The van der Waals surface area contributed by atoms with Gasteiger partial charge in [-0.2, -0.15) is 0 Å². The van der Waals surface area contributed by atoms with Gasteiger partial charge in [-0.25, -0.2) is 0 Å². The lowest BCUT2D eigenvalue weighted by molar-refractivity contribution is 0.254. The molecule has 0 amide bonds. The zero-order valence-electron chi connectivity index (χ0n) is 13.6. The van der Waals surface area contributed by atoms with Crippen molar-refractivity contribution in [2.45, 2.75) is 19.0 Å². The molecule has 3 aromatic rings. The van der Waals surface area contributed by atoms with E-state index in [0.29, 0.717) is 0 Å². The third kappa shape index (κ3) is 2.26. The number of benzene rings is 3. The topological polar surface area (TPSA) is 3.24 Å². The normalized spacial score (nSPS) is 19.4. The minimum absolute atomic E-state index is 0.245. The zero-order valence-corrected chi connectivity index (χ0v) is 14.5. The van der Waals surface area contributed by atoms with E-state index >= 15 is 0 Å². The van der Waals surface area contributed by atoms with Crippen LogP contribution < -0.4 is 0 Å². The Hall–Kier alpha value is -2.45. The Balaban J connectivity index is 1.87. The van der Waals surface area contributed by atoms with Gasteiger partial charge in [-0.1, -0.05) is 97.1 Å². The SMILES string of the molecule is CC1(c2ccccc2)c2ccccc2C(=S)N1Cc1ccccc1. The molecule has 0 N–H and O–H groups in total. The van der Waals surface area contributed by atoms with Gasteiger partial charge in [0.25, 0.3) is 0 Å². The predicted molar refractivity (Wildman–Crippen MR) is 103 cm³/mol. The van der Waals surface area contributed by atoms with Crippen molar-refractivity contribution in [3.8, 4) is 0 Å². The lowest BCUT2D eigenvalue weighted by atomic mass is 9.84. The molecule has 3 aromatic carbocycles. The Morgan fingerprint density at radius 3 is 2.08 bits per heavy atom. The van der Waals surface area contributed by atoms with Gasteiger partial charge < -0.3 is 4.90 Å². The molecule has 0 aliphatic carbocycles. The molecule has 2 heteroatoms. The molecule has 0 fully saturated rings. The highest BCUT2D eigenvalue weighted by atomic mass is 32.1. The monoisotopic (exact) mass is 329 g/mol. The molecule has 24 heavy (non-hydrogen) atoms. The van der Waals surface area contributed by atoms with E-state index < -0.39 is 0 Å². The smallest absolute Gasteiger partial charge is 0.110 e. The van der Waals surface area contributed by atoms with E-state index in [0.717, 1.165) is 11.5 Å². The van der Waals surface area contributed by atoms with Crippen molar-refractivity contribution in [2.75, 3.05) is 0 Å². The van der Waals surface area contributed by atoms with Gasteiger partial charge in [0, 0.05) is 12.1 Å². The summed E-state index contributed by atoms with van der Waals surface area (Å²) in [5, 5.41) is 0. The fourth-order valence-corrected chi connectivity index (χ4v) is 4.08. The molecule has 1 nitrogen and oxygen atoms in total. The molecule has 0 radical (unpaired) electrons. The average molecular weight is 329 g/mol. The van der Waals surface area contributed by atoms with Gasteiger partial charge >= 0.3 is 0 Å². The summed E-state index contributed by atoms with van der Waals surface area (Å²) in [5.41, 5.74) is 4.76. The van der Waals surface area contributed by atoms with Crippen molar-refractivity contribution in [3.05, 3.63) is 107 Å². The number of rotatable bonds is 3. The van der Waals surface area contributed by atoms with Crippen LogP contribution in [-0.4, -0.2) is 9.89 Å². The molecular weight excluding hydrogens is 310 g/mol. The highest BCUT2D eigenvalue weighted by Gasteiger charge is 2.44. The molecule has 1 heterocycles. The van der Waals surface area contributed by atoms with Gasteiger partial charge in [0.1, 0.15) is 4.99 Å². The largest absolute Gasteiger partial charge is 0.344 e. The second-order valence-corrected chi connectivity index (χ2v) is 6.75.